The zero-order valence-electron chi connectivity index (χ0n) is 19.0. The Labute approximate surface area is 203 Å². The van der Waals surface area contributed by atoms with Crippen molar-refractivity contribution in [1.82, 2.24) is 9.88 Å². The van der Waals surface area contributed by atoms with Gasteiger partial charge in [-0.15, -0.1) is 0 Å². The standard InChI is InChI=1S/C25H21F2N3O6/c1-35-25(34)21(13-36-16-6-5-15-10-22(31)28-20(15)11-16)29-23(32)17-3-2-8-30(24(17)33)12-14-4-7-18(26)19(27)9-14/h2-9,11,21H,10,12-13H2,1H3,(H,28,31)(H,29,32). The number of carbonyl (C=O) groups excluding carboxylic acids is 3. The van der Waals surface area contributed by atoms with Crippen LogP contribution >= 0.6 is 0 Å². The first-order valence-corrected chi connectivity index (χ1v) is 10.8. The highest BCUT2D eigenvalue weighted by atomic mass is 19.2. The van der Waals surface area contributed by atoms with E-state index in [-0.39, 0.29) is 31.0 Å². The smallest absolute Gasteiger partial charge is 0.331 e. The number of esters is 1. The highest BCUT2D eigenvalue weighted by Gasteiger charge is 2.25. The Morgan fingerprint density at radius 2 is 1.92 bits per heavy atom. The van der Waals surface area contributed by atoms with Gasteiger partial charge < -0.3 is 24.7 Å². The highest BCUT2D eigenvalue weighted by molar-refractivity contribution is 5.99. The molecule has 0 bridgehead atoms. The van der Waals surface area contributed by atoms with E-state index in [0.717, 1.165) is 29.4 Å². The van der Waals surface area contributed by atoms with E-state index >= 15 is 0 Å². The zero-order valence-corrected chi connectivity index (χ0v) is 19.0. The van der Waals surface area contributed by atoms with E-state index < -0.39 is 35.1 Å². The molecule has 0 fully saturated rings. The summed E-state index contributed by atoms with van der Waals surface area (Å²) in [4.78, 5) is 49.5. The second-order valence-electron chi connectivity index (χ2n) is 8.01. The predicted octanol–water partition coefficient (Wildman–Crippen LogP) is 2.02. The molecule has 1 aliphatic heterocycles. The van der Waals surface area contributed by atoms with Crippen molar-refractivity contribution >= 4 is 23.5 Å². The topological polar surface area (TPSA) is 116 Å². The fraction of sp³-hybridized carbons (Fsp3) is 0.200. The molecule has 2 heterocycles. The molecule has 0 saturated carbocycles. The van der Waals surface area contributed by atoms with Gasteiger partial charge in [0.1, 0.15) is 17.9 Å². The van der Waals surface area contributed by atoms with Crippen LogP contribution in [0.25, 0.3) is 0 Å². The van der Waals surface area contributed by atoms with Crippen molar-refractivity contribution in [2.24, 2.45) is 0 Å². The van der Waals surface area contributed by atoms with E-state index in [1.807, 2.05) is 0 Å². The van der Waals surface area contributed by atoms with E-state index in [9.17, 15) is 28.0 Å². The maximum absolute atomic E-state index is 13.5. The second-order valence-corrected chi connectivity index (χ2v) is 8.01. The van der Waals surface area contributed by atoms with Gasteiger partial charge >= 0.3 is 5.97 Å². The van der Waals surface area contributed by atoms with Crippen LogP contribution in [0.1, 0.15) is 21.5 Å². The summed E-state index contributed by atoms with van der Waals surface area (Å²) in [5, 5.41) is 5.12. The van der Waals surface area contributed by atoms with Crippen molar-refractivity contribution in [2.45, 2.75) is 19.0 Å². The Kier molecular flexibility index (Phi) is 7.09. The molecule has 36 heavy (non-hydrogen) atoms. The van der Waals surface area contributed by atoms with Gasteiger partial charge in [-0.25, -0.2) is 13.6 Å². The number of anilines is 1. The third-order valence-electron chi connectivity index (χ3n) is 5.52. The Morgan fingerprint density at radius 1 is 1.11 bits per heavy atom. The molecule has 4 rings (SSSR count). The number of amides is 2. The maximum atomic E-state index is 13.5. The van der Waals surface area contributed by atoms with E-state index in [2.05, 4.69) is 10.6 Å². The number of pyridine rings is 1. The third-order valence-corrected chi connectivity index (χ3v) is 5.52. The first kappa shape index (κ1) is 24.6. The minimum Gasteiger partial charge on any atom is -0.491 e. The average molecular weight is 497 g/mol. The average Bonchev–Trinajstić information content (AvgIpc) is 3.23. The quantitative estimate of drug-likeness (QED) is 0.460. The van der Waals surface area contributed by atoms with Crippen LogP contribution in [-0.4, -0.2) is 42.1 Å². The van der Waals surface area contributed by atoms with Crippen molar-refractivity contribution in [1.29, 1.82) is 0 Å². The minimum absolute atomic E-state index is 0.102. The van der Waals surface area contributed by atoms with Crippen LogP contribution in [0.15, 0.2) is 59.5 Å². The van der Waals surface area contributed by atoms with Crippen LogP contribution in [0, 0.1) is 11.6 Å². The lowest BCUT2D eigenvalue weighted by atomic mass is 10.1. The molecule has 2 amide bonds. The van der Waals surface area contributed by atoms with E-state index in [4.69, 9.17) is 9.47 Å². The van der Waals surface area contributed by atoms with E-state index in [1.165, 1.54) is 24.4 Å². The Morgan fingerprint density at radius 3 is 2.67 bits per heavy atom. The van der Waals surface area contributed by atoms with Crippen LogP contribution in [0.5, 0.6) is 5.75 Å². The highest BCUT2D eigenvalue weighted by Crippen LogP contribution is 2.27. The SMILES string of the molecule is COC(=O)C(COc1ccc2c(c1)NC(=O)C2)NC(=O)c1cccn(Cc2ccc(F)c(F)c2)c1=O. The number of fused-ring (bicyclic) bond motifs is 1. The van der Waals surface area contributed by atoms with Gasteiger partial charge in [0, 0.05) is 18.0 Å². The molecule has 2 aromatic carbocycles. The molecule has 3 aromatic rings. The summed E-state index contributed by atoms with van der Waals surface area (Å²) in [5.74, 6) is -3.50. The lowest BCUT2D eigenvalue weighted by molar-refractivity contribution is -0.143. The molecule has 1 unspecified atom stereocenters. The van der Waals surface area contributed by atoms with Gasteiger partial charge in [0.2, 0.25) is 5.91 Å². The number of benzene rings is 2. The zero-order chi connectivity index (χ0) is 25.8. The number of nitrogens with zero attached hydrogens (tertiary/aromatic N) is 1. The number of aromatic nitrogens is 1. The van der Waals surface area contributed by atoms with Crippen LogP contribution in [0.2, 0.25) is 0 Å². The molecule has 11 heteroatoms. The molecule has 2 N–H and O–H groups in total. The number of hydrogen-bond acceptors (Lipinski definition) is 6. The first-order chi connectivity index (χ1) is 17.2. The van der Waals surface area contributed by atoms with Gasteiger partial charge in [0.05, 0.1) is 20.1 Å². The summed E-state index contributed by atoms with van der Waals surface area (Å²) < 4.78 is 38.2. The minimum atomic E-state index is -1.25. The van der Waals surface area contributed by atoms with Crippen LogP contribution < -0.4 is 20.9 Å². The van der Waals surface area contributed by atoms with Gasteiger partial charge in [-0.2, -0.15) is 0 Å². The van der Waals surface area contributed by atoms with Crippen molar-refractivity contribution in [3.05, 3.63) is 93.4 Å². The number of hydrogen-bond donors (Lipinski definition) is 2. The molecule has 186 valence electrons. The second kappa shape index (κ2) is 10.4. The molecule has 1 aliphatic rings. The molecule has 0 radical (unpaired) electrons. The van der Waals surface area contributed by atoms with Gasteiger partial charge in [0.25, 0.3) is 11.5 Å². The predicted molar refractivity (Wildman–Crippen MR) is 124 cm³/mol. The molecular formula is C25H21F2N3O6. The summed E-state index contributed by atoms with van der Waals surface area (Å²) in [6, 6.07) is 9.65. The van der Waals surface area contributed by atoms with Crippen molar-refractivity contribution in [3.63, 3.8) is 0 Å². The summed E-state index contributed by atoms with van der Waals surface area (Å²) in [5.41, 5.74) is 0.767. The van der Waals surface area contributed by atoms with Gasteiger partial charge in [-0.3, -0.25) is 14.4 Å². The summed E-state index contributed by atoms with van der Waals surface area (Å²) >= 11 is 0. The number of ether oxygens (including phenoxy) is 2. The number of halogens is 2. The number of methoxy groups -OCH3 is 1. The van der Waals surface area contributed by atoms with Crippen LogP contribution in [0.4, 0.5) is 14.5 Å². The number of nitrogens with one attached hydrogen (secondary N) is 2. The Hall–Kier alpha value is -4.54. The Bertz CT molecular complexity index is 1400. The number of carbonyl (C=O) groups is 3. The molecule has 0 saturated heterocycles. The van der Waals surface area contributed by atoms with E-state index in [1.54, 1.807) is 18.2 Å². The molecule has 0 aliphatic carbocycles. The molecule has 9 nitrogen and oxygen atoms in total. The summed E-state index contributed by atoms with van der Waals surface area (Å²) in [7, 11) is 1.14. The van der Waals surface area contributed by atoms with E-state index in [0.29, 0.717) is 17.0 Å². The van der Waals surface area contributed by atoms with Crippen LogP contribution in [-0.2, 0) is 27.3 Å². The fourth-order valence-electron chi connectivity index (χ4n) is 3.68. The van der Waals surface area contributed by atoms with Crippen molar-refractivity contribution < 1.29 is 32.6 Å². The Balaban J connectivity index is 1.47. The number of rotatable bonds is 8. The molecule has 0 spiro atoms. The maximum Gasteiger partial charge on any atom is 0.331 e. The van der Waals surface area contributed by atoms with Gasteiger partial charge in [0.15, 0.2) is 17.7 Å². The van der Waals surface area contributed by atoms with Crippen molar-refractivity contribution in [3.8, 4) is 5.75 Å². The fourth-order valence-corrected chi connectivity index (χ4v) is 3.68. The van der Waals surface area contributed by atoms with Gasteiger partial charge in [-0.05, 0) is 41.5 Å². The summed E-state index contributed by atoms with van der Waals surface area (Å²) in [6.45, 7) is -0.406. The van der Waals surface area contributed by atoms with Gasteiger partial charge in [-0.1, -0.05) is 12.1 Å². The first-order valence-electron chi connectivity index (χ1n) is 10.8. The van der Waals surface area contributed by atoms with Crippen LogP contribution in [0.3, 0.4) is 0 Å². The molecular weight excluding hydrogens is 476 g/mol. The normalized spacial score (nSPS) is 12.9. The lowest BCUT2D eigenvalue weighted by Gasteiger charge is -2.18. The third kappa shape index (κ3) is 5.40. The monoisotopic (exact) mass is 497 g/mol. The molecule has 1 aromatic heterocycles. The van der Waals surface area contributed by atoms with Crippen molar-refractivity contribution in [2.75, 3.05) is 19.0 Å². The lowest BCUT2D eigenvalue weighted by Crippen LogP contribution is -2.47. The summed E-state index contributed by atoms with van der Waals surface area (Å²) in [6.07, 6.45) is 1.66. The largest absolute Gasteiger partial charge is 0.491 e. The molecule has 1 atom stereocenters.